The number of aliphatic imine (C=N–C) groups is 1. The molecule has 9 N–H and O–H groups in total. The Hall–Kier alpha value is -12.3. The number of thiophene rings is 1. The molecular weight excluding hydrogens is 1870 g/mol. The Balaban J connectivity index is 0.495. The van der Waals surface area contributed by atoms with Gasteiger partial charge in [-0.05, 0) is 62.7 Å². The molecule has 0 unspecified atom stereocenters. The number of rotatable bonds is 69. The average molecular weight is 1990 g/mol. The van der Waals surface area contributed by atoms with Gasteiger partial charge in [0.05, 0.1) is 202 Å². The molecule has 0 bridgehead atoms. The van der Waals surface area contributed by atoms with E-state index < -0.39 is 47.4 Å². The third kappa shape index (κ3) is 36.7. The Kier molecular flexibility index (Phi) is 47.0. The van der Waals surface area contributed by atoms with Gasteiger partial charge in [0.15, 0.2) is 34.8 Å². The zero-order valence-corrected chi connectivity index (χ0v) is 81.8. The fraction of sp³-hybridized carbons (Fsp3) is 0.511. The first-order valence-electron chi connectivity index (χ1n) is 45.7. The molecule has 0 saturated carbocycles. The van der Waals surface area contributed by atoms with Crippen molar-refractivity contribution >= 4 is 111 Å². The number of nitrogens with one attached hydrogen (secondary N) is 9. The normalized spacial score (nSPS) is 12.2. The van der Waals surface area contributed by atoms with Gasteiger partial charge >= 0.3 is 0 Å². The predicted molar refractivity (Wildman–Crippen MR) is 514 cm³/mol. The van der Waals surface area contributed by atoms with Gasteiger partial charge in [0.1, 0.15) is 41.5 Å². The lowest BCUT2D eigenvalue weighted by Gasteiger charge is -2.16. The van der Waals surface area contributed by atoms with Crippen molar-refractivity contribution in [3.63, 3.8) is 0 Å². The Morgan fingerprint density at radius 3 is 1.29 bits per heavy atom. The van der Waals surface area contributed by atoms with Gasteiger partial charge in [-0.15, -0.1) is 21.5 Å². The van der Waals surface area contributed by atoms with E-state index in [1.807, 2.05) is 35.8 Å². The number of hydrogen-bond donors (Lipinski definition) is 9. The van der Waals surface area contributed by atoms with E-state index in [-0.39, 0.29) is 143 Å². The Morgan fingerprint density at radius 1 is 0.400 bits per heavy atom. The molecule has 0 fully saturated rings. The highest BCUT2D eigenvalue weighted by Crippen LogP contribution is 2.40. The van der Waals surface area contributed by atoms with Gasteiger partial charge in [0, 0.05) is 158 Å². The lowest BCUT2D eigenvalue weighted by atomic mass is 9.99. The molecule has 0 spiro atoms. The second-order valence-corrected chi connectivity index (χ2v) is 32.9. The monoisotopic (exact) mass is 1990 g/mol. The van der Waals surface area contributed by atoms with Crippen molar-refractivity contribution in [2.24, 2.45) is 40.2 Å². The van der Waals surface area contributed by atoms with Gasteiger partial charge in [-0.1, -0.05) is 23.7 Å². The topological polar surface area (TPSA) is 516 Å². The first-order valence-corrected chi connectivity index (χ1v) is 46.9. The number of aryl methyl sites for hydroxylation is 7. The summed E-state index contributed by atoms with van der Waals surface area (Å²) in [6.45, 7) is 16.9. The number of anilines is 5. The molecule has 9 aromatic rings. The number of hydrogen-bond acceptors (Lipinski definition) is 32. The number of fused-ring (bicyclic) bond motifs is 3. The minimum Gasteiger partial charge on any atom is -0.487 e. The van der Waals surface area contributed by atoms with Crippen LogP contribution in [0.25, 0.3) is 5.00 Å². The Morgan fingerprint density at radius 2 is 0.829 bits per heavy atom. The minimum absolute atomic E-state index is 0.0107. The maximum atomic E-state index is 14.1. The Bertz CT molecular complexity index is 5480. The maximum Gasteiger partial charge on any atom is 0.291 e. The molecule has 762 valence electrons. The van der Waals surface area contributed by atoms with Gasteiger partial charge < -0.3 is 146 Å². The highest BCUT2D eigenvalue weighted by molar-refractivity contribution is 7.15. The summed E-state index contributed by atoms with van der Waals surface area (Å²) in [5, 5.41) is 34.9. The van der Waals surface area contributed by atoms with Crippen LogP contribution in [0.3, 0.4) is 0 Å². The van der Waals surface area contributed by atoms with Crippen LogP contribution in [0, 0.1) is 20.8 Å². The molecule has 140 heavy (non-hydrogen) atoms. The maximum absolute atomic E-state index is 14.1. The van der Waals surface area contributed by atoms with Crippen LogP contribution in [-0.4, -0.2) is 336 Å². The highest BCUT2D eigenvalue weighted by atomic mass is 35.5. The van der Waals surface area contributed by atoms with E-state index in [0.717, 1.165) is 32.3 Å². The molecule has 2 aromatic carbocycles. The lowest BCUT2D eigenvalue weighted by molar-refractivity contribution is -0.121. The third-order valence-corrected chi connectivity index (χ3v) is 22.1. The van der Waals surface area contributed by atoms with Crippen LogP contribution in [0.1, 0.15) is 118 Å². The number of nitrogens with zero attached hydrogens (tertiary/aromatic N) is 12. The van der Waals surface area contributed by atoms with E-state index in [0.29, 0.717) is 198 Å². The third-order valence-electron chi connectivity index (χ3n) is 20.6. The van der Waals surface area contributed by atoms with Crippen molar-refractivity contribution < 1.29 is 119 Å². The van der Waals surface area contributed by atoms with Crippen molar-refractivity contribution in [1.82, 2.24) is 73.8 Å². The van der Waals surface area contributed by atoms with Crippen LogP contribution in [0.4, 0.5) is 28.7 Å². The molecule has 1 aliphatic heterocycles. The van der Waals surface area contributed by atoms with E-state index in [2.05, 4.69) is 86.8 Å². The molecule has 1 atom stereocenters. The summed E-state index contributed by atoms with van der Waals surface area (Å²) in [6.07, 6.45) is 8.75. The average Bonchev–Trinajstić information content (AvgIpc) is 1.59. The van der Waals surface area contributed by atoms with Gasteiger partial charge in [-0.2, -0.15) is 0 Å². The fourth-order valence-electron chi connectivity index (χ4n) is 13.6. The second kappa shape index (κ2) is 60.0. The van der Waals surface area contributed by atoms with Gasteiger partial charge in [0.25, 0.3) is 29.5 Å². The summed E-state index contributed by atoms with van der Waals surface area (Å²) in [4.78, 5) is 136. The lowest BCUT2D eigenvalue weighted by Crippen LogP contribution is -2.33. The second-order valence-electron chi connectivity index (χ2n) is 31.3. The molecule has 8 heterocycles. The van der Waals surface area contributed by atoms with E-state index in [1.165, 1.54) is 55.2 Å². The van der Waals surface area contributed by atoms with E-state index in [4.69, 9.17) is 92.4 Å². The SMILES string of the molecule is COCCOCCOCCOCCOCCOCCOc1cc(NC(=O)C[C@@H]2N=C(c3ccc(Cl)cc3)c3c(sc(C)c3C)-n3c(C)nnc32)ccc1OCCOCCOCCOCCOCCOCCOCCOCCOCCNC(=O)CCNC(=O)c1nc(NC(=O)CCNC(=O)c2cc(NC(=O)c3nc(NC(=O)CCNC(=O)c4cc(NC(=O)c5nccn5C)cn4C)cn3C)cn2C)cn1C. The molecule has 0 radical (unpaired) electrons. The number of amides is 9. The number of methoxy groups -OCH3 is 1. The largest absolute Gasteiger partial charge is 0.487 e. The highest BCUT2D eigenvalue weighted by Gasteiger charge is 2.34. The number of imidazole rings is 3. The van der Waals surface area contributed by atoms with Crippen LogP contribution < -0.4 is 57.3 Å². The number of aromatic nitrogens is 11. The zero-order valence-electron chi connectivity index (χ0n) is 80.3. The van der Waals surface area contributed by atoms with Crippen LogP contribution in [0.5, 0.6) is 11.5 Å². The van der Waals surface area contributed by atoms with Gasteiger partial charge in [0.2, 0.25) is 35.3 Å². The van der Waals surface area contributed by atoms with Crippen molar-refractivity contribution in [1.29, 1.82) is 0 Å². The van der Waals surface area contributed by atoms with Crippen molar-refractivity contribution in [2.45, 2.75) is 52.5 Å². The van der Waals surface area contributed by atoms with Gasteiger partial charge in [-0.3, -0.25) is 52.7 Å². The summed E-state index contributed by atoms with van der Waals surface area (Å²) in [5.74, 6) is -1.93. The fourth-order valence-corrected chi connectivity index (χ4v) is 14.9. The van der Waals surface area contributed by atoms with Crippen molar-refractivity contribution in [3.8, 4) is 16.5 Å². The van der Waals surface area contributed by atoms with Crippen molar-refractivity contribution in [3.05, 3.63) is 159 Å². The first-order chi connectivity index (χ1) is 67.9. The van der Waals surface area contributed by atoms with E-state index >= 15 is 0 Å². The summed E-state index contributed by atoms with van der Waals surface area (Å²) < 4.78 is 99.7. The molecule has 10 rings (SSSR count). The Labute approximate surface area is 818 Å². The quantitative estimate of drug-likeness (QED) is 0.0219. The van der Waals surface area contributed by atoms with Crippen LogP contribution in [0.15, 0.2) is 96.8 Å². The molecule has 1 aliphatic rings. The molecule has 0 aliphatic carbocycles. The number of halogens is 1. The number of ether oxygens (including phenoxy) is 16. The van der Waals surface area contributed by atoms with Gasteiger partial charge in [-0.25, -0.2) is 15.0 Å². The summed E-state index contributed by atoms with van der Waals surface area (Å²) in [5.41, 5.74) is 5.17. The summed E-state index contributed by atoms with van der Waals surface area (Å²) in [7, 11) is 9.66. The first kappa shape index (κ1) is 110. The van der Waals surface area contributed by atoms with E-state index in [9.17, 15) is 43.2 Å². The molecule has 9 amide bonds. The molecule has 7 aromatic heterocycles. The predicted octanol–water partition coefficient (Wildman–Crippen LogP) is 5.28. The zero-order chi connectivity index (χ0) is 99.8. The van der Waals surface area contributed by atoms with Crippen LogP contribution in [-0.2, 0) is 121 Å². The van der Waals surface area contributed by atoms with E-state index in [1.54, 1.807) is 88.8 Å². The van der Waals surface area contributed by atoms with Crippen molar-refractivity contribution in [2.75, 3.05) is 251 Å². The number of carbonyl (C=O) groups excluding carboxylic acids is 9. The standard InChI is InChI=1S/C92H126ClN21O25S/c1-62-63(2)140-92-81(62)82(65-10-12-66(93)13-11-65)102-70(83-108-107-64(3)114(83)92)57-80(118)99-67-14-15-73(74(56-67)139-53-51-137-49-47-135-45-43-130-35-34-128-31-30-126-27-26-124-9)138-52-50-136-48-46-134-44-42-133-41-40-132-39-38-131-37-36-129-33-32-127-29-28-125-25-23-94-77(115)16-19-98-89(121)85-105-75(60-112(85)7)103-78(116)17-20-97-88(120)72-55-69(59-111(72)6)101-91(123)86-106-76(61-113(86)8)104-79(117)18-21-96-87(119)71-54-68(58-110(71)5)100-90(122)84-95-22-24-109(84)4/h10-15,22,24,54-56,58-61,70H,16-21,23,25-53,57H2,1-9H3,(H,94,115)(H,96,119)(H,97,120)(H,98,121)(H,99,118)(H,100,122)(H,101,123)(H,103,116)(H,104,117)/t70-/m0/s1. The molecule has 0 saturated heterocycles. The summed E-state index contributed by atoms with van der Waals surface area (Å²) in [6, 6.07) is 15.0. The van der Waals surface area contributed by atoms with Crippen LogP contribution >= 0.6 is 22.9 Å². The molecule has 46 nitrogen and oxygen atoms in total. The number of carbonyl (C=O) groups is 9. The molecular formula is C92H126ClN21O25S. The van der Waals surface area contributed by atoms with Crippen LogP contribution in [0.2, 0.25) is 5.02 Å². The number of benzene rings is 2. The summed E-state index contributed by atoms with van der Waals surface area (Å²) >= 11 is 7.97. The molecule has 48 heteroatoms. The minimum atomic E-state index is -0.681. The smallest absolute Gasteiger partial charge is 0.291 e.